The highest BCUT2D eigenvalue weighted by molar-refractivity contribution is 7.88. The van der Waals surface area contributed by atoms with E-state index in [2.05, 4.69) is 20.0 Å². The van der Waals surface area contributed by atoms with E-state index < -0.39 is 16.1 Å². The van der Waals surface area contributed by atoms with Gasteiger partial charge >= 0.3 is 0 Å². The summed E-state index contributed by atoms with van der Waals surface area (Å²) in [7, 11) is -3.60. The molecule has 138 valence electrons. The molecule has 0 radical (unpaired) electrons. The predicted octanol–water partition coefficient (Wildman–Crippen LogP) is 2.04. The summed E-state index contributed by atoms with van der Waals surface area (Å²) in [4.78, 5) is 4.16. The standard InChI is InChI=1S/C15H22N4O5S/c1-9(2)22-7-13-16-15(18-24-13)10(3)19-25(20,21)8-12-6-23-17-14(12)11-4-5-11/h6,9-11,19H,4-5,7-8H2,1-3H3. The van der Waals surface area contributed by atoms with E-state index in [1.54, 1.807) is 6.92 Å². The van der Waals surface area contributed by atoms with Gasteiger partial charge in [0.15, 0.2) is 5.82 Å². The number of rotatable bonds is 9. The molecule has 1 aliphatic carbocycles. The van der Waals surface area contributed by atoms with Crippen LogP contribution >= 0.6 is 0 Å². The highest BCUT2D eigenvalue weighted by Gasteiger charge is 2.31. The Labute approximate surface area is 146 Å². The summed E-state index contributed by atoms with van der Waals surface area (Å²) in [6, 6.07) is -0.620. The van der Waals surface area contributed by atoms with Gasteiger partial charge in [-0.3, -0.25) is 0 Å². The molecule has 0 amide bonds. The van der Waals surface area contributed by atoms with Crippen LogP contribution in [0.2, 0.25) is 0 Å². The Morgan fingerprint density at radius 2 is 2.08 bits per heavy atom. The summed E-state index contributed by atoms with van der Waals surface area (Å²) >= 11 is 0. The first-order valence-electron chi connectivity index (χ1n) is 8.21. The van der Waals surface area contributed by atoms with Crippen LogP contribution in [-0.4, -0.2) is 29.8 Å². The molecule has 0 bridgehead atoms. The van der Waals surface area contributed by atoms with E-state index in [0.717, 1.165) is 18.5 Å². The van der Waals surface area contributed by atoms with Gasteiger partial charge in [0.1, 0.15) is 12.9 Å². The molecular weight excluding hydrogens is 348 g/mol. The fourth-order valence-corrected chi connectivity index (χ4v) is 3.73. The second kappa shape index (κ2) is 7.22. The molecule has 0 saturated heterocycles. The van der Waals surface area contributed by atoms with Gasteiger partial charge in [-0.05, 0) is 33.6 Å². The van der Waals surface area contributed by atoms with Gasteiger partial charge in [0.2, 0.25) is 10.0 Å². The molecule has 1 aliphatic rings. The van der Waals surface area contributed by atoms with E-state index in [1.165, 1.54) is 6.26 Å². The molecule has 1 N–H and O–H groups in total. The summed E-state index contributed by atoms with van der Waals surface area (Å²) in [5.41, 5.74) is 1.34. The molecule has 2 heterocycles. The number of aromatic nitrogens is 3. The molecule has 3 rings (SSSR count). The number of ether oxygens (including phenoxy) is 1. The van der Waals surface area contributed by atoms with Crippen LogP contribution in [0, 0.1) is 0 Å². The minimum atomic E-state index is -3.60. The van der Waals surface area contributed by atoms with Crippen LogP contribution in [0.4, 0.5) is 0 Å². The van der Waals surface area contributed by atoms with Crippen molar-refractivity contribution >= 4 is 10.0 Å². The third-order valence-electron chi connectivity index (χ3n) is 3.75. The largest absolute Gasteiger partial charge is 0.369 e. The Bertz CT molecular complexity index is 810. The van der Waals surface area contributed by atoms with Crippen molar-refractivity contribution in [3.63, 3.8) is 0 Å². The maximum absolute atomic E-state index is 12.4. The smallest absolute Gasteiger partial charge is 0.252 e. The second-order valence-electron chi connectivity index (χ2n) is 6.50. The molecule has 1 fully saturated rings. The quantitative estimate of drug-likeness (QED) is 0.712. The number of nitrogens with zero attached hydrogens (tertiary/aromatic N) is 3. The van der Waals surface area contributed by atoms with Crippen molar-refractivity contribution in [3.05, 3.63) is 29.2 Å². The van der Waals surface area contributed by atoms with Crippen molar-refractivity contribution < 1.29 is 22.2 Å². The van der Waals surface area contributed by atoms with E-state index in [1.807, 2.05) is 13.8 Å². The zero-order valence-electron chi connectivity index (χ0n) is 14.4. The van der Waals surface area contributed by atoms with Crippen molar-refractivity contribution in [3.8, 4) is 0 Å². The molecule has 0 spiro atoms. The first-order valence-corrected chi connectivity index (χ1v) is 9.86. The number of sulfonamides is 1. The molecule has 1 atom stereocenters. The maximum Gasteiger partial charge on any atom is 0.252 e. The number of nitrogens with one attached hydrogen (secondary N) is 1. The SMILES string of the molecule is CC(C)OCc1nc(C(C)NS(=O)(=O)Cc2conc2C2CC2)no1. The Morgan fingerprint density at radius 3 is 2.76 bits per heavy atom. The number of hydrogen-bond donors (Lipinski definition) is 1. The molecule has 25 heavy (non-hydrogen) atoms. The van der Waals surface area contributed by atoms with Crippen LogP contribution in [0.5, 0.6) is 0 Å². The molecular formula is C15H22N4O5S. The van der Waals surface area contributed by atoms with E-state index >= 15 is 0 Å². The van der Waals surface area contributed by atoms with E-state index in [4.69, 9.17) is 13.8 Å². The van der Waals surface area contributed by atoms with Gasteiger partial charge in [-0.2, -0.15) is 4.98 Å². The molecule has 2 aromatic rings. The van der Waals surface area contributed by atoms with Gasteiger partial charge in [0, 0.05) is 11.5 Å². The van der Waals surface area contributed by atoms with Gasteiger partial charge in [0.05, 0.1) is 23.6 Å². The first-order chi connectivity index (χ1) is 11.8. The zero-order valence-corrected chi connectivity index (χ0v) is 15.2. The van der Waals surface area contributed by atoms with Crippen molar-refractivity contribution in [2.24, 2.45) is 0 Å². The highest BCUT2D eigenvalue weighted by Crippen LogP contribution is 2.41. The van der Waals surface area contributed by atoms with Gasteiger partial charge in [-0.25, -0.2) is 13.1 Å². The Balaban J connectivity index is 1.61. The normalized spacial score (nSPS) is 16.5. The summed E-state index contributed by atoms with van der Waals surface area (Å²) in [6.07, 6.45) is 3.48. The van der Waals surface area contributed by atoms with Gasteiger partial charge in [-0.1, -0.05) is 10.3 Å². The lowest BCUT2D eigenvalue weighted by molar-refractivity contribution is 0.0485. The lowest BCUT2D eigenvalue weighted by atomic mass is 10.2. The summed E-state index contributed by atoms with van der Waals surface area (Å²) in [6.45, 7) is 5.64. The molecule has 1 saturated carbocycles. The summed E-state index contributed by atoms with van der Waals surface area (Å²) < 4.78 is 42.8. The Hall–Kier alpha value is -1.78. The number of hydrogen-bond acceptors (Lipinski definition) is 8. The van der Waals surface area contributed by atoms with Crippen molar-refractivity contribution in [2.75, 3.05) is 0 Å². The fraction of sp³-hybridized carbons (Fsp3) is 0.667. The average molecular weight is 370 g/mol. The fourth-order valence-electron chi connectivity index (χ4n) is 2.38. The molecule has 0 aliphatic heterocycles. The highest BCUT2D eigenvalue weighted by atomic mass is 32.2. The lowest BCUT2D eigenvalue weighted by Gasteiger charge is -2.10. The van der Waals surface area contributed by atoms with Crippen LogP contribution in [0.1, 0.15) is 68.5 Å². The Morgan fingerprint density at radius 1 is 1.32 bits per heavy atom. The summed E-state index contributed by atoms with van der Waals surface area (Å²) in [5, 5.41) is 7.72. The first kappa shape index (κ1) is 18.0. The maximum atomic E-state index is 12.4. The van der Waals surface area contributed by atoms with Crippen LogP contribution < -0.4 is 4.72 Å². The van der Waals surface area contributed by atoms with E-state index in [9.17, 15) is 8.42 Å². The average Bonchev–Trinajstić information content (AvgIpc) is 3.07. The van der Waals surface area contributed by atoms with Crippen molar-refractivity contribution in [1.82, 2.24) is 20.0 Å². The van der Waals surface area contributed by atoms with Crippen LogP contribution in [0.25, 0.3) is 0 Å². The molecule has 9 nitrogen and oxygen atoms in total. The van der Waals surface area contributed by atoms with Crippen molar-refractivity contribution in [2.45, 2.75) is 64.0 Å². The zero-order chi connectivity index (χ0) is 18.0. The predicted molar refractivity (Wildman–Crippen MR) is 86.9 cm³/mol. The molecule has 1 unspecified atom stereocenters. The van der Waals surface area contributed by atoms with Crippen LogP contribution in [0.15, 0.2) is 15.3 Å². The molecule has 2 aromatic heterocycles. The van der Waals surface area contributed by atoms with Gasteiger partial charge in [-0.15, -0.1) is 0 Å². The topological polar surface area (TPSA) is 120 Å². The Kier molecular flexibility index (Phi) is 5.21. The van der Waals surface area contributed by atoms with E-state index in [-0.39, 0.29) is 24.3 Å². The summed E-state index contributed by atoms with van der Waals surface area (Å²) in [5.74, 6) is 0.707. The molecule has 10 heteroatoms. The van der Waals surface area contributed by atoms with E-state index in [0.29, 0.717) is 17.4 Å². The van der Waals surface area contributed by atoms with Crippen LogP contribution in [-0.2, 0) is 27.1 Å². The second-order valence-corrected chi connectivity index (χ2v) is 8.26. The minimum Gasteiger partial charge on any atom is -0.369 e. The van der Waals surface area contributed by atoms with Gasteiger partial charge < -0.3 is 13.8 Å². The minimum absolute atomic E-state index is 0.0375. The van der Waals surface area contributed by atoms with Crippen molar-refractivity contribution in [1.29, 1.82) is 0 Å². The third kappa shape index (κ3) is 4.86. The third-order valence-corrected chi connectivity index (χ3v) is 5.16. The monoisotopic (exact) mass is 370 g/mol. The lowest BCUT2D eigenvalue weighted by Crippen LogP contribution is -2.29. The molecule has 0 aromatic carbocycles. The van der Waals surface area contributed by atoms with Crippen LogP contribution in [0.3, 0.4) is 0 Å². The van der Waals surface area contributed by atoms with Gasteiger partial charge in [0.25, 0.3) is 5.89 Å².